The second-order valence-electron chi connectivity index (χ2n) is 4.21. The van der Waals surface area contributed by atoms with Gasteiger partial charge in [0.05, 0.1) is 0 Å². The first-order valence-electron chi connectivity index (χ1n) is 4.52. The molecule has 0 radical (unpaired) electrons. The Labute approximate surface area is 63.2 Å². The van der Waals surface area contributed by atoms with E-state index in [1.165, 1.54) is 38.8 Å². The summed E-state index contributed by atoms with van der Waals surface area (Å²) in [4.78, 5) is 0. The minimum absolute atomic E-state index is 0.679. The Kier molecular flexibility index (Phi) is 1.48. The number of nitrogens with one attached hydrogen (secondary N) is 1. The van der Waals surface area contributed by atoms with Crippen LogP contribution in [0.1, 0.15) is 32.6 Å². The molecule has 1 heteroatoms. The molecule has 0 aromatic heterocycles. The summed E-state index contributed by atoms with van der Waals surface area (Å²) in [5.41, 5.74) is 0.679. The van der Waals surface area contributed by atoms with E-state index in [2.05, 4.69) is 12.2 Å². The van der Waals surface area contributed by atoms with Crippen molar-refractivity contribution in [3.05, 3.63) is 0 Å². The molecule has 0 amide bonds. The minimum atomic E-state index is 0.679. The van der Waals surface area contributed by atoms with Gasteiger partial charge in [0, 0.05) is 6.54 Å². The van der Waals surface area contributed by atoms with Gasteiger partial charge >= 0.3 is 0 Å². The van der Waals surface area contributed by atoms with Gasteiger partial charge in [0.25, 0.3) is 0 Å². The topological polar surface area (TPSA) is 12.0 Å². The van der Waals surface area contributed by atoms with Crippen LogP contribution in [0.25, 0.3) is 0 Å². The van der Waals surface area contributed by atoms with Crippen molar-refractivity contribution < 1.29 is 0 Å². The summed E-state index contributed by atoms with van der Waals surface area (Å²) in [7, 11) is 0. The zero-order valence-corrected chi connectivity index (χ0v) is 6.82. The second kappa shape index (κ2) is 2.23. The lowest BCUT2D eigenvalue weighted by Gasteiger charge is -2.34. The molecule has 2 aliphatic rings. The predicted octanol–water partition coefficient (Wildman–Crippen LogP) is 1.79. The number of hydrogen-bond acceptors (Lipinski definition) is 1. The van der Waals surface area contributed by atoms with Crippen LogP contribution in [0.4, 0.5) is 0 Å². The maximum atomic E-state index is 3.50. The summed E-state index contributed by atoms with van der Waals surface area (Å²) in [6, 6.07) is 0. The van der Waals surface area contributed by atoms with E-state index in [0.717, 1.165) is 5.92 Å². The van der Waals surface area contributed by atoms with Crippen LogP contribution in [0.3, 0.4) is 0 Å². The molecule has 1 heterocycles. The summed E-state index contributed by atoms with van der Waals surface area (Å²) < 4.78 is 0. The van der Waals surface area contributed by atoms with Crippen LogP contribution in [-0.4, -0.2) is 13.1 Å². The van der Waals surface area contributed by atoms with Crippen molar-refractivity contribution in [2.45, 2.75) is 32.6 Å². The third-order valence-corrected chi connectivity index (χ3v) is 3.19. The molecule has 1 unspecified atom stereocenters. The normalized spacial score (nSPS) is 41.7. The van der Waals surface area contributed by atoms with E-state index < -0.39 is 0 Å². The first-order chi connectivity index (χ1) is 4.81. The lowest BCUT2D eigenvalue weighted by molar-refractivity contribution is 0.199. The van der Waals surface area contributed by atoms with Gasteiger partial charge in [0.15, 0.2) is 0 Å². The number of piperidine rings is 1. The monoisotopic (exact) mass is 139 g/mol. The SMILES string of the molecule is CC1(C2CC2)CCCNC1. The Morgan fingerprint density at radius 3 is 2.70 bits per heavy atom. The third kappa shape index (κ3) is 1.07. The molecule has 1 atom stereocenters. The van der Waals surface area contributed by atoms with Crippen molar-refractivity contribution >= 4 is 0 Å². The molecule has 0 bridgehead atoms. The van der Waals surface area contributed by atoms with Crippen LogP contribution >= 0.6 is 0 Å². The standard InChI is InChI=1S/C9H17N/c1-9(8-3-4-8)5-2-6-10-7-9/h8,10H,2-7H2,1H3. The predicted molar refractivity (Wildman–Crippen MR) is 42.9 cm³/mol. The van der Waals surface area contributed by atoms with Gasteiger partial charge in [-0.1, -0.05) is 6.92 Å². The van der Waals surface area contributed by atoms with Gasteiger partial charge in [-0.2, -0.15) is 0 Å². The lowest BCUT2D eigenvalue weighted by Crippen LogP contribution is -2.39. The Morgan fingerprint density at radius 2 is 2.20 bits per heavy atom. The molecule has 2 fully saturated rings. The van der Waals surface area contributed by atoms with Gasteiger partial charge in [-0.05, 0) is 43.6 Å². The highest BCUT2D eigenvalue weighted by Gasteiger charge is 2.41. The zero-order chi connectivity index (χ0) is 7.03. The van der Waals surface area contributed by atoms with Crippen LogP contribution in [-0.2, 0) is 0 Å². The highest BCUT2D eigenvalue weighted by atomic mass is 14.9. The molecule has 0 spiro atoms. The van der Waals surface area contributed by atoms with Crippen molar-refractivity contribution in [3.8, 4) is 0 Å². The molecule has 58 valence electrons. The molecule has 1 aliphatic carbocycles. The van der Waals surface area contributed by atoms with Crippen molar-refractivity contribution in [2.24, 2.45) is 11.3 Å². The lowest BCUT2D eigenvalue weighted by atomic mass is 9.78. The fourth-order valence-corrected chi connectivity index (χ4v) is 2.21. The first-order valence-corrected chi connectivity index (χ1v) is 4.52. The maximum absolute atomic E-state index is 3.50. The van der Waals surface area contributed by atoms with Crippen molar-refractivity contribution in [1.82, 2.24) is 5.32 Å². The van der Waals surface area contributed by atoms with Crippen LogP contribution < -0.4 is 5.32 Å². The first kappa shape index (κ1) is 6.66. The molecule has 1 aliphatic heterocycles. The fourth-order valence-electron chi connectivity index (χ4n) is 2.21. The average Bonchev–Trinajstić information content (AvgIpc) is 2.69. The second-order valence-corrected chi connectivity index (χ2v) is 4.21. The maximum Gasteiger partial charge on any atom is 0.000782 e. The molecular weight excluding hydrogens is 122 g/mol. The molecule has 2 rings (SSSR count). The molecule has 1 saturated heterocycles. The molecule has 1 N–H and O–H groups in total. The van der Waals surface area contributed by atoms with Crippen molar-refractivity contribution in [2.75, 3.05) is 13.1 Å². The van der Waals surface area contributed by atoms with Gasteiger partial charge < -0.3 is 5.32 Å². The van der Waals surface area contributed by atoms with Crippen LogP contribution in [0, 0.1) is 11.3 Å². The smallest absolute Gasteiger partial charge is 0.000782 e. The van der Waals surface area contributed by atoms with E-state index in [1.54, 1.807) is 0 Å². The van der Waals surface area contributed by atoms with Gasteiger partial charge in [0.1, 0.15) is 0 Å². The number of rotatable bonds is 1. The Morgan fingerprint density at radius 1 is 1.40 bits per heavy atom. The largest absolute Gasteiger partial charge is 0.316 e. The van der Waals surface area contributed by atoms with Gasteiger partial charge in [0.2, 0.25) is 0 Å². The van der Waals surface area contributed by atoms with Crippen LogP contribution in [0.2, 0.25) is 0 Å². The van der Waals surface area contributed by atoms with E-state index in [1.807, 2.05) is 0 Å². The van der Waals surface area contributed by atoms with E-state index in [0.29, 0.717) is 5.41 Å². The van der Waals surface area contributed by atoms with Crippen molar-refractivity contribution in [1.29, 1.82) is 0 Å². The van der Waals surface area contributed by atoms with E-state index in [-0.39, 0.29) is 0 Å². The average molecular weight is 139 g/mol. The highest BCUT2D eigenvalue weighted by Crippen LogP contribution is 2.48. The fraction of sp³-hybridized carbons (Fsp3) is 1.00. The quantitative estimate of drug-likeness (QED) is 0.584. The summed E-state index contributed by atoms with van der Waals surface area (Å²) in [6.07, 6.45) is 5.86. The molecule has 10 heavy (non-hydrogen) atoms. The number of hydrogen-bond donors (Lipinski definition) is 1. The molecule has 0 aromatic rings. The van der Waals surface area contributed by atoms with Crippen LogP contribution in [0.15, 0.2) is 0 Å². The molecule has 1 nitrogen and oxygen atoms in total. The van der Waals surface area contributed by atoms with E-state index in [4.69, 9.17) is 0 Å². The van der Waals surface area contributed by atoms with Gasteiger partial charge in [-0.3, -0.25) is 0 Å². The Hall–Kier alpha value is -0.0400. The summed E-state index contributed by atoms with van der Waals surface area (Å²) >= 11 is 0. The summed E-state index contributed by atoms with van der Waals surface area (Å²) in [5, 5.41) is 3.50. The van der Waals surface area contributed by atoms with Crippen LogP contribution in [0.5, 0.6) is 0 Å². The van der Waals surface area contributed by atoms with Crippen molar-refractivity contribution in [3.63, 3.8) is 0 Å². The molecule has 0 aromatic carbocycles. The Bertz CT molecular complexity index is 121. The highest BCUT2D eigenvalue weighted by molar-refractivity contribution is 4.94. The molecule has 1 saturated carbocycles. The zero-order valence-electron chi connectivity index (χ0n) is 6.82. The Balaban J connectivity index is 1.97. The summed E-state index contributed by atoms with van der Waals surface area (Å²) in [5.74, 6) is 1.07. The molecular formula is C9H17N. The third-order valence-electron chi connectivity index (χ3n) is 3.19. The van der Waals surface area contributed by atoms with Gasteiger partial charge in [-0.15, -0.1) is 0 Å². The van der Waals surface area contributed by atoms with E-state index in [9.17, 15) is 0 Å². The summed E-state index contributed by atoms with van der Waals surface area (Å²) in [6.45, 7) is 4.98. The van der Waals surface area contributed by atoms with E-state index >= 15 is 0 Å². The minimum Gasteiger partial charge on any atom is -0.316 e. The van der Waals surface area contributed by atoms with Gasteiger partial charge in [-0.25, -0.2) is 0 Å².